The zero-order valence-corrected chi connectivity index (χ0v) is 10.7. The monoisotopic (exact) mass is 248 g/mol. The number of hydrogen-bond donors (Lipinski definition) is 0. The van der Waals surface area contributed by atoms with Crippen LogP contribution in [0.3, 0.4) is 0 Å². The van der Waals surface area contributed by atoms with Crippen LogP contribution in [-0.2, 0) is 11.8 Å². The van der Waals surface area contributed by atoms with Gasteiger partial charge in [-0.05, 0) is 23.7 Å². The van der Waals surface area contributed by atoms with E-state index in [1.165, 1.54) is 0 Å². The molecule has 82 valence electrons. The van der Waals surface area contributed by atoms with E-state index in [9.17, 15) is 0 Å². The molecular formula is C12H13N2PS. The van der Waals surface area contributed by atoms with E-state index in [2.05, 4.69) is 12.1 Å². The van der Waals surface area contributed by atoms with Gasteiger partial charge < -0.3 is 0 Å². The summed E-state index contributed by atoms with van der Waals surface area (Å²) in [5.74, 6) is 0. The van der Waals surface area contributed by atoms with Crippen molar-refractivity contribution in [2.45, 2.75) is 12.8 Å². The lowest BCUT2D eigenvalue weighted by Gasteiger charge is -2.20. The molecule has 1 aromatic carbocycles. The van der Waals surface area contributed by atoms with Gasteiger partial charge in [-0.25, -0.2) is 0 Å². The minimum atomic E-state index is -1.72. The van der Waals surface area contributed by atoms with Crippen molar-refractivity contribution in [3.8, 4) is 12.1 Å². The van der Waals surface area contributed by atoms with Crippen LogP contribution in [0.5, 0.6) is 0 Å². The van der Waals surface area contributed by atoms with Crippen LogP contribution in [0.15, 0.2) is 30.3 Å². The lowest BCUT2D eigenvalue weighted by atomic mass is 10.4. The summed E-state index contributed by atoms with van der Waals surface area (Å²) < 4.78 is 0. The van der Waals surface area contributed by atoms with Gasteiger partial charge in [0.1, 0.15) is 0 Å². The molecule has 4 heteroatoms. The second-order valence-corrected chi connectivity index (χ2v) is 8.77. The molecule has 0 N–H and O–H groups in total. The van der Waals surface area contributed by atoms with Crippen LogP contribution in [0, 0.1) is 22.7 Å². The fraction of sp³-hybridized carbons (Fsp3) is 0.333. The molecule has 0 unspecified atom stereocenters. The number of nitrogens with zero attached hydrogens (tertiary/aromatic N) is 2. The van der Waals surface area contributed by atoms with Gasteiger partial charge in [0, 0.05) is 12.8 Å². The highest BCUT2D eigenvalue weighted by molar-refractivity contribution is 8.18. The van der Waals surface area contributed by atoms with E-state index in [4.69, 9.17) is 22.3 Å². The Morgan fingerprint density at radius 1 is 1.00 bits per heavy atom. The Balaban J connectivity index is 2.92. The van der Waals surface area contributed by atoms with Gasteiger partial charge >= 0.3 is 0 Å². The maximum absolute atomic E-state index is 8.66. The molecule has 0 bridgehead atoms. The second-order valence-electron chi connectivity index (χ2n) is 3.49. The fourth-order valence-electron chi connectivity index (χ4n) is 1.53. The smallest absolute Gasteiger partial charge is 0.0625 e. The lowest BCUT2D eigenvalue weighted by molar-refractivity contribution is 1.18. The quantitative estimate of drug-likeness (QED) is 0.752. The molecule has 0 aliphatic carbocycles. The Labute approximate surface area is 102 Å². The molecular weight excluding hydrogens is 235 g/mol. The minimum absolute atomic E-state index is 0.484. The third-order valence-corrected chi connectivity index (χ3v) is 7.26. The standard InChI is InChI=1S/C12H13N2PS/c13-8-4-10-15(16,11-5-9-14)12-6-2-1-3-7-12/h1-3,6-7H,4-5,10-11H2. The maximum atomic E-state index is 8.66. The average Bonchev–Trinajstić information content (AvgIpc) is 2.35. The summed E-state index contributed by atoms with van der Waals surface area (Å²) in [6.45, 7) is 0. The molecule has 0 saturated carbocycles. The van der Waals surface area contributed by atoms with E-state index in [0.29, 0.717) is 12.8 Å². The average molecular weight is 248 g/mol. The number of benzene rings is 1. The van der Waals surface area contributed by atoms with Gasteiger partial charge in [0.05, 0.1) is 12.1 Å². The summed E-state index contributed by atoms with van der Waals surface area (Å²) in [4.78, 5) is 0. The molecule has 16 heavy (non-hydrogen) atoms. The van der Waals surface area contributed by atoms with Crippen molar-refractivity contribution in [1.29, 1.82) is 10.5 Å². The number of nitriles is 2. The predicted octanol–water partition coefficient (Wildman–Crippen LogP) is 2.62. The van der Waals surface area contributed by atoms with Crippen LogP contribution in [0.4, 0.5) is 0 Å². The van der Waals surface area contributed by atoms with Gasteiger partial charge in [0.25, 0.3) is 0 Å². The van der Waals surface area contributed by atoms with E-state index in [-0.39, 0.29) is 0 Å². The van der Waals surface area contributed by atoms with E-state index in [1.54, 1.807) is 0 Å². The SMILES string of the molecule is N#CCCP(=S)(CCC#N)c1ccccc1. The molecule has 0 heterocycles. The summed E-state index contributed by atoms with van der Waals surface area (Å²) >= 11 is 5.71. The highest BCUT2D eigenvalue weighted by Crippen LogP contribution is 2.45. The van der Waals surface area contributed by atoms with Gasteiger partial charge in [-0.2, -0.15) is 10.5 Å². The molecule has 1 rings (SSSR count). The first-order valence-electron chi connectivity index (χ1n) is 5.10. The summed E-state index contributed by atoms with van der Waals surface area (Å²) in [7, 11) is 0. The van der Waals surface area contributed by atoms with Crippen molar-refractivity contribution < 1.29 is 0 Å². The van der Waals surface area contributed by atoms with Gasteiger partial charge in [-0.1, -0.05) is 42.1 Å². The normalized spacial score (nSPS) is 10.4. The zero-order valence-electron chi connectivity index (χ0n) is 8.97. The summed E-state index contributed by atoms with van der Waals surface area (Å²) in [5, 5.41) is 18.5. The van der Waals surface area contributed by atoms with E-state index < -0.39 is 6.04 Å². The first kappa shape index (κ1) is 12.9. The molecule has 0 radical (unpaired) electrons. The molecule has 0 atom stereocenters. The Bertz CT molecular complexity index is 434. The van der Waals surface area contributed by atoms with Crippen molar-refractivity contribution in [2.75, 3.05) is 12.3 Å². The van der Waals surface area contributed by atoms with E-state index in [1.807, 2.05) is 30.3 Å². The zero-order chi connectivity index (χ0) is 11.9. The number of hydrogen-bond acceptors (Lipinski definition) is 3. The van der Waals surface area contributed by atoms with Crippen LogP contribution in [-0.4, -0.2) is 12.3 Å². The Kier molecular flexibility index (Phi) is 5.20. The molecule has 0 aromatic heterocycles. The lowest BCUT2D eigenvalue weighted by Crippen LogP contribution is -2.10. The summed E-state index contributed by atoms with van der Waals surface area (Å²) in [5.41, 5.74) is 0. The first-order chi connectivity index (χ1) is 7.73. The van der Waals surface area contributed by atoms with Crippen molar-refractivity contribution >= 4 is 23.1 Å². The van der Waals surface area contributed by atoms with Crippen molar-refractivity contribution in [1.82, 2.24) is 0 Å². The van der Waals surface area contributed by atoms with Crippen LogP contribution in [0.2, 0.25) is 0 Å². The van der Waals surface area contributed by atoms with Gasteiger partial charge in [-0.15, -0.1) is 0 Å². The van der Waals surface area contributed by atoms with Crippen LogP contribution in [0.1, 0.15) is 12.8 Å². The molecule has 0 amide bonds. The molecule has 0 aliphatic rings. The van der Waals surface area contributed by atoms with Gasteiger partial charge in [-0.3, -0.25) is 0 Å². The first-order valence-corrected chi connectivity index (χ1v) is 8.28. The molecule has 0 spiro atoms. The van der Waals surface area contributed by atoms with Crippen molar-refractivity contribution in [2.24, 2.45) is 0 Å². The Morgan fingerprint density at radius 3 is 1.94 bits per heavy atom. The maximum Gasteiger partial charge on any atom is 0.0625 e. The topological polar surface area (TPSA) is 47.6 Å². The van der Waals surface area contributed by atoms with Crippen molar-refractivity contribution in [3.63, 3.8) is 0 Å². The minimum Gasteiger partial charge on any atom is -0.198 e. The molecule has 0 aliphatic heterocycles. The van der Waals surface area contributed by atoms with E-state index >= 15 is 0 Å². The van der Waals surface area contributed by atoms with Crippen LogP contribution >= 0.6 is 6.04 Å². The molecule has 1 aromatic rings. The molecule has 0 saturated heterocycles. The van der Waals surface area contributed by atoms with Gasteiger partial charge in [0.15, 0.2) is 0 Å². The summed E-state index contributed by atoms with van der Waals surface area (Å²) in [6, 6.07) is 12.5. The fourth-order valence-corrected chi connectivity index (χ4v) is 4.82. The van der Waals surface area contributed by atoms with Crippen molar-refractivity contribution in [3.05, 3.63) is 30.3 Å². The highest BCUT2D eigenvalue weighted by atomic mass is 32.4. The highest BCUT2D eigenvalue weighted by Gasteiger charge is 2.18. The molecule has 2 nitrogen and oxygen atoms in total. The third-order valence-electron chi connectivity index (χ3n) is 2.40. The number of rotatable bonds is 5. The largest absolute Gasteiger partial charge is 0.198 e. The predicted molar refractivity (Wildman–Crippen MR) is 70.6 cm³/mol. The van der Waals surface area contributed by atoms with Crippen LogP contribution in [0.25, 0.3) is 0 Å². The Morgan fingerprint density at radius 2 is 1.50 bits per heavy atom. The van der Waals surface area contributed by atoms with Gasteiger partial charge in [0.2, 0.25) is 0 Å². The van der Waals surface area contributed by atoms with Crippen LogP contribution < -0.4 is 5.30 Å². The van der Waals surface area contributed by atoms with E-state index in [0.717, 1.165) is 17.6 Å². The third kappa shape index (κ3) is 3.46. The Hall–Kier alpha value is -1.15. The molecule has 0 fully saturated rings. The summed E-state index contributed by atoms with van der Waals surface area (Å²) in [6.07, 6.45) is 2.45. The second kappa shape index (κ2) is 6.44.